The fourth-order valence-corrected chi connectivity index (χ4v) is 2.69. The Morgan fingerprint density at radius 3 is 2.78 bits per heavy atom. The Bertz CT molecular complexity index is 478. The largest absolute Gasteiger partial charge is 0.331 e. The van der Waals surface area contributed by atoms with Crippen LogP contribution in [0.25, 0.3) is 0 Å². The minimum atomic E-state index is -0.434. The second kappa shape index (κ2) is 4.86. The summed E-state index contributed by atoms with van der Waals surface area (Å²) < 4.78 is 13.9. The third kappa shape index (κ3) is 2.22. The molecule has 2 rings (SSSR count). The van der Waals surface area contributed by atoms with E-state index in [1.807, 2.05) is 13.8 Å². The molecule has 0 aromatic heterocycles. The van der Waals surface area contributed by atoms with Crippen LogP contribution in [0.3, 0.4) is 0 Å². The van der Waals surface area contributed by atoms with Gasteiger partial charge in [0.25, 0.3) is 0 Å². The minimum absolute atomic E-state index is 0.0190. The van der Waals surface area contributed by atoms with Crippen molar-refractivity contribution in [1.29, 1.82) is 0 Å². The number of hydrogen-bond acceptors (Lipinski definition) is 2. The lowest BCUT2D eigenvalue weighted by Gasteiger charge is -2.31. The lowest BCUT2D eigenvalue weighted by molar-refractivity contribution is -0.130. The van der Waals surface area contributed by atoms with Crippen molar-refractivity contribution in [3.05, 3.63) is 34.6 Å². The molecule has 98 valence electrons. The number of amides is 1. The highest BCUT2D eigenvalue weighted by molar-refractivity contribution is 6.30. The van der Waals surface area contributed by atoms with Gasteiger partial charge in [0.2, 0.25) is 5.91 Å². The Kier molecular flexibility index (Phi) is 3.59. The van der Waals surface area contributed by atoms with Gasteiger partial charge >= 0.3 is 0 Å². The van der Waals surface area contributed by atoms with Gasteiger partial charge in [-0.25, -0.2) is 4.39 Å². The van der Waals surface area contributed by atoms with E-state index in [-0.39, 0.29) is 24.2 Å². The lowest BCUT2D eigenvalue weighted by atomic mass is 9.99. The summed E-state index contributed by atoms with van der Waals surface area (Å²) in [5, 5.41) is 0.446. The topological polar surface area (TPSA) is 46.3 Å². The zero-order chi connectivity index (χ0) is 13.4. The van der Waals surface area contributed by atoms with Crippen LogP contribution in [-0.4, -0.2) is 22.9 Å². The molecule has 5 heteroatoms. The number of carbonyl (C=O) groups is 1. The molecular weight excluding hydrogens is 255 g/mol. The van der Waals surface area contributed by atoms with Gasteiger partial charge in [0, 0.05) is 29.1 Å². The normalized spacial score (nSPS) is 24.1. The van der Waals surface area contributed by atoms with E-state index >= 15 is 0 Å². The van der Waals surface area contributed by atoms with Crippen LogP contribution in [0.4, 0.5) is 4.39 Å². The average Bonchev–Trinajstić information content (AvgIpc) is 2.57. The van der Waals surface area contributed by atoms with Crippen LogP contribution >= 0.6 is 11.6 Å². The van der Waals surface area contributed by atoms with Crippen molar-refractivity contribution >= 4 is 17.5 Å². The van der Waals surface area contributed by atoms with Crippen molar-refractivity contribution in [2.24, 2.45) is 5.73 Å². The molecule has 0 bridgehead atoms. The molecule has 1 fully saturated rings. The molecule has 1 aliphatic heterocycles. The number of carbonyl (C=O) groups excluding carboxylic acids is 1. The quantitative estimate of drug-likeness (QED) is 0.897. The molecule has 1 amide bonds. The van der Waals surface area contributed by atoms with Crippen LogP contribution in [0.5, 0.6) is 0 Å². The summed E-state index contributed by atoms with van der Waals surface area (Å²) in [6.45, 7) is 3.79. The molecule has 2 N–H and O–H groups in total. The van der Waals surface area contributed by atoms with Crippen LogP contribution in [-0.2, 0) is 4.79 Å². The molecule has 2 atom stereocenters. The second-order valence-corrected chi connectivity index (χ2v) is 5.31. The lowest BCUT2D eigenvalue weighted by Crippen LogP contribution is -2.38. The summed E-state index contributed by atoms with van der Waals surface area (Å²) in [6.07, 6.45) is 0.245. The Morgan fingerprint density at radius 1 is 1.50 bits per heavy atom. The number of halogens is 2. The molecule has 1 heterocycles. The van der Waals surface area contributed by atoms with E-state index in [1.165, 1.54) is 12.1 Å². The standard InChI is InChI=1S/C13H16ClFN2O/c1-7(2)17-12(18)6-11(16)13(17)9-5-8(14)3-4-10(9)15/h3-5,7,11,13H,6,16H2,1-2H3. The van der Waals surface area contributed by atoms with E-state index in [0.29, 0.717) is 10.6 Å². The highest BCUT2D eigenvalue weighted by atomic mass is 35.5. The Morgan fingerprint density at radius 2 is 2.17 bits per heavy atom. The summed E-state index contributed by atoms with van der Waals surface area (Å²) in [7, 11) is 0. The van der Waals surface area contributed by atoms with Gasteiger partial charge in [-0.15, -0.1) is 0 Å². The maximum atomic E-state index is 13.9. The van der Waals surface area contributed by atoms with Crippen molar-refractivity contribution in [1.82, 2.24) is 4.90 Å². The zero-order valence-corrected chi connectivity index (χ0v) is 11.1. The number of benzene rings is 1. The molecule has 2 unspecified atom stereocenters. The first-order chi connectivity index (χ1) is 8.41. The number of hydrogen-bond donors (Lipinski definition) is 1. The van der Waals surface area contributed by atoms with E-state index in [1.54, 1.807) is 11.0 Å². The van der Waals surface area contributed by atoms with Crippen molar-refractivity contribution in [3.63, 3.8) is 0 Å². The summed E-state index contributed by atoms with van der Waals surface area (Å²) in [5.41, 5.74) is 6.37. The fourth-order valence-electron chi connectivity index (χ4n) is 2.51. The molecule has 3 nitrogen and oxygen atoms in total. The van der Waals surface area contributed by atoms with Gasteiger partial charge in [-0.3, -0.25) is 4.79 Å². The van der Waals surface area contributed by atoms with Crippen molar-refractivity contribution in [2.75, 3.05) is 0 Å². The predicted molar refractivity (Wildman–Crippen MR) is 68.7 cm³/mol. The van der Waals surface area contributed by atoms with Crippen molar-refractivity contribution < 1.29 is 9.18 Å². The molecule has 0 spiro atoms. The van der Waals surface area contributed by atoms with E-state index < -0.39 is 12.1 Å². The molecule has 1 aromatic carbocycles. The first-order valence-corrected chi connectivity index (χ1v) is 6.31. The number of nitrogens with two attached hydrogens (primary N) is 1. The molecular formula is C13H16ClFN2O. The highest BCUT2D eigenvalue weighted by Crippen LogP contribution is 2.36. The Labute approximate surface area is 111 Å². The van der Waals surface area contributed by atoms with Crippen molar-refractivity contribution in [3.8, 4) is 0 Å². The summed E-state index contributed by atoms with van der Waals surface area (Å²) in [6, 6.07) is 3.50. The smallest absolute Gasteiger partial charge is 0.225 e. The maximum absolute atomic E-state index is 13.9. The van der Waals surface area contributed by atoms with Gasteiger partial charge in [-0.1, -0.05) is 11.6 Å². The second-order valence-electron chi connectivity index (χ2n) is 4.87. The molecule has 18 heavy (non-hydrogen) atoms. The number of likely N-dealkylation sites (tertiary alicyclic amines) is 1. The van der Waals surface area contributed by atoms with Crippen LogP contribution in [0.2, 0.25) is 5.02 Å². The van der Waals surface area contributed by atoms with E-state index in [0.717, 1.165) is 0 Å². The van der Waals surface area contributed by atoms with Gasteiger partial charge in [0.05, 0.1) is 6.04 Å². The molecule has 0 aliphatic carbocycles. The van der Waals surface area contributed by atoms with Gasteiger partial charge in [0.15, 0.2) is 0 Å². The first-order valence-electron chi connectivity index (χ1n) is 5.93. The third-order valence-electron chi connectivity index (χ3n) is 3.24. The zero-order valence-electron chi connectivity index (χ0n) is 10.4. The summed E-state index contributed by atoms with van der Waals surface area (Å²) in [4.78, 5) is 13.5. The van der Waals surface area contributed by atoms with Gasteiger partial charge in [-0.05, 0) is 32.0 Å². The highest BCUT2D eigenvalue weighted by Gasteiger charge is 2.41. The molecule has 1 aliphatic rings. The van der Waals surface area contributed by atoms with Crippen LogP contribution in [0, 0.1) is 5.82 Å². The van der Waals surface area contributed by atoms with E-state index in [2.05, 4.69) is 0 Å². The van der Waals surface area contributed by atoms with Crippen LogP contribution in [0.15, 0.2) is 18.2 Å². The Hall–Kier alpha value is -1.13. The Balaban J connectivity index is 2.46. The maximum Gasteiger partial charge on any atom is 0.225 e. The summed E-state index contributed by atoms with van der Waals surface area (Å²) in [5.74, 6) is -0.415. The summed E-state index contributed by atoms with van der Waals surface area (Å²) >= 11 is 5.90. The van der Waals surface area contributed by atoms with Crippen molar-refractivity contribution in [2.45, 2.75) is 38.4 Å². The fraction of sp³-hybridized carbons (Fsp3) is 0.462. The minimum Gasteiger partial charge on any atom is -0.331 e. The van der Waals surface area contributed by atoms with Crippen LogP contribution < -0.4 is 5.73 Å². The first kappa shape index (κ1) is 13.3. The van der Waals surface area contributed by atoms with E-state index in [4.69, 9.17) is 17.3 Å². The predicted octanol–water partition coefficient (Wildman–Crippen LogP) is 2.49. The van der Waals surface area contributed by atoms with Gasteiger partial charge in [0.1, 0.15) is 5.82 Å². The SMILES string of the molecule is CC(C)N1C(=O)CC(N)C1c1cc(Cl)ccc1F. The van der Waals surface area contributed by atoms with E-state index in [9.17, 15) is 9.18 Å². The molecule has 0 radical (unpaired) electrons. The monoisotopic (exact) mass is 270 g/mol. The third-order valence-corrected chi connectivity index (χ3v) is 3.47. The molecule has 0 saturated carbocycles. The van der Waals surface area contributed by atoms with Gasteiger partial charge in [-0.2, -0.15) is 0 Å². The van der Waals surface area contributed by atoms with Gasteiger partial charge < -0.3 is 10.6 Å². The molecule has 1 aromatic rings. The van der Waals surface area contributed by atoms with Crippen LogP contribution in [0.1, 0.15) is 31.9 Å². The average molecular weight is 271 g/mol. The number of nitrogens with zero attached hydrogens (tertiary/aromatic N) is 1. The number of rotatable bonds is 2. The molecule has 1 saturated heterocycles.